The fraction of sp³-hybridized carbons (Fsp3) is 0.600. The van der Waals surface area contributed by atoms with Crippen LogP contribution >= 0.6 is 24.0 Å². The Balaban J connectivity index is 0.00000784. The van der Waals surface area contributed by atoms with Crippen LogP contribution in [0.3, 0.4) is 0 Å². The molecule has 0 heterocycles. The summed E-state index contributed by atoms with van der Waals surface area (Å²) in [6.07, 6.45) is -0.327. The number of anilines is 1. The lowest BCUT2D eigenvalue weighted by molar-refractivity contribution is 0.0278. The number of carbonyl (C=O) groups excluding carboxylic acids is 1. The minimum atomic E-state index is -0.502. The number of ether oxygens (including phenoxy) is 3. The Morgan fingerprint density at radius 3 is 2.34 bits per heavy atom. The fourth-order valence-electron chi connectivity index (χ4n) is 2.45. The summed E-state index contributed by atoms with van der Waals surface area (Å²) < 4.78 is 15.9. The molecule has 0 fully saturated rings. The Bertz CT molecular complexity index is 677. The van der Waals surface area contributed by atoms with Gasteiger partial charge in [-0.1, -0.05) is 6.92 Å². The third-order valence-electron chi connectivity index (χ3n) is 3.78. The number of halogens is 1. The molecule has 0 saturated carbocycles. The summed E-state index contributed by atoms with van der Waals surface area (Å²) in [6.45, 7) is 8.82. The molecular weight excluding hydrogens is 487 g/mol. The molecule has 8 nitrogen and oxygen atoms in total. The summed E-state index contributed by atoms with van der Waals surface area (Å²) in [6, 6.07) is 5.55. The molecule has 2 N–H and O–H groups in total. The van der Waals surface area contributed by atoms with E-state index in [0.717, 1.165) is 5.69 Å². The Kier molecular flexibility index (Phi) is 11.8. The number of nitrogens with zero attached hydrogens (tertiary/aromatic N) is 2. The van der Waals surface area contributed by atoms with Gasteiger partial charge in [0, 0.05) is 38.9 Å². The molecule has 1 aromatic carbocycles. The lowest BCUT2D eigenvalue weighted by Crippen LogP contribution is -2.40. The van der Waals surface area contributed by atoms with Gasteiger partial charge in [0.1, 0.15) is 5.60 Å². The highest BCUT2D eigenvalue weighted by molar-refractivity contribution is 14.0. The predicted octanol–water partition coefficient (Wildman–Crippen LogP) is 3.81. The molecule has 0 aliphatic rings. The molecule has 1 unspecified atom stereocenters. The first-order valence-electron chi connectivity index (χ1n) is 9.23. The molecule has 0 spiro atoms. The number of aliphatic imine (C=N–C) groups is 1. The maximum Gasteiger partial charge on any atom is 0.410 e. The summed E-state index contributed by atoms with van der Waals surface area (Å²) in [5.74, 6) is 2.12. The van der Waals surface area contributed by atoms with Crippen LogP contribution in [0.15, 0.2) is 23.2 Å². The van der Waals surface area contributed by atoms with Crippen LogP contribution in [-0.4, -0.2) is 64.0 Å². The van der Waals surface area contributed by atoms with Gasteiger partial charge in [-0.05, 0) is 38.8 Å². The van der Waals surface area contributed by atoms with Gasteiger partial charge in [-0.2, -0.15) is 0 Å². The van der Waals surface area contributed by atoms with Crippen molar-refractivity contribution in [2.75, 3.05) is 46.7 Å². The van der Waals surface area contributed by atoms with E-state index in [1.54, 1.807) is 33.2 Å². The first kappa shape index (κ1) is 27.1. The smallest absolute Gasteiger partial charge is 0.410 e. The number of rotatable bonds is 7. The molecule has 0 aromatic heterocycles. The molecule has 0 aliphatic heterocycles. The van der Waals surface area contributed by atoms with Crippen LogP contribution in [-0.2, 0) is 4.74 Å². The summed E-state index contributed by atoms with van der Waals surface area (Å²) in [5.41, 5.74) is 0.322. The number of hydrogen-bond acceptors (Lipinski definition) is 5. The maximum absolute atomic E-state index is 12.1. The number of methoxy groups -OCH3 is 2. The van der Waals surface area contributed by atoms with E-state index >= 15 is 0 Å². The van der Waals surface area contributed by atoms with E-state index in [0.29, 0.717) is 30.5 Å². The van der Waals surface area contributed by atoms with E-state index in [1.807, 2.05) is 39.0 Å². The number of carbonyl (C=O) groups is 1. The van der Waals surface area contributed by atoms with Crippen LogP contribution in [0.5, 0.6) is 11.5 Å². The van der Waals surface area contributed by atoms with Gasteiger partial charge in [-0.3, -0.25) is 4.99 Å². The van der Waals surface area contributed by atoms with E-state index in [-0.39, 0.29) is 36.0 Å². The number of hydrogen-bond donors (Lipinski definition) is 2. The van der Waals surface area contributed by atoms with Crippen molar-refractivity contribution < 1.29 is 19.0 Å². The normalized spacial score (nSPS) is 12.3. The lowest BCUT2D eigenvalue weighted by Gasteiger charge is -2.26. The topological polar surface area (TPSA) is 84.4 Å². The van der Waals surface area contributed by atoms with Crippen molar-refractivity contribution in [3.05, 3.63) is 18.2 Å². The molecule has 9 heteroatoms. The molecule has 1 rings (SSSR count). The van der Waals surface area contributed by atoms with Crippen molar-refractivity contribution in [1.82, 2.24) is 10.2 Å². The highest BCUT2D eigenvalue weighted by Crippen LogP contribution is 2.29. The number of benzene rings is 1. The predicted molar refractivity (Wildman–Crippen MR) is 128 cm³/mol. The molecule has 0 saturated heterocycles. The van der Waals surface area contributed by atoms with Crippen molar-refractivity contribution in [2.45, 2.75) is 33.3 Å². The van der Waals surface area contributed by atoms with Gasteiger partial charge in [0.05, 0.1) is 14.2 Å². The van der Waals surface area contributed by atoms with E-state index < -0.39 is 5.60 Å². The van der Waals surface area contributed by atoms with Gasteiger partial charge < -0.3 is 29.7 Å². The van der Waals surface area contributed by atoms with Gasteiger partial charge in [0.25, 0.3) is 0 Å². The molecule has 0 aliphatic carbocycles. The van der Waals surface area contributed by atoms with E-state index in [2.05, 4.69) is 22.5 Å². The van der Waals surface area contributed by atoms with Crippen LogP contribution in [0.2, 0.25) is 0 Å². The minimum Gasteiger partial charge on any atom is -0.493 e. The minimum absolute atomic E-state index is 0. The van der Waals surface area contributed by atoms with Crippen molar-refractivity contribution in [3.8, 4) is 11.5 Å². The van der Waals surface area contributed by atoms with Gasteiger partial charge in [-0.25, -0.2) is 4.79 Å². The third-order valence-corrected chi connectivity index (χ3v) is 3.78. The SMILES string of the molecule is CN=C(NCC(C)CN(C)C(=O)OC(C)(C)C)Nc1ccc(OC)c(OC)c1.I. The zero-order valence-corrected chi connectivity index (χ0v) is 21.0. The average Bonchev–Trinajstić information content (AvgIpc) is 2.63. The maximum atomic E-state index is 12.1. The molecule has 1 aromatic rings. The Labute approximate surface area is 191 Å². The van der Waals surface area contributed by atoms with Gasteiger partial charge in [0.15, 0.2) is 17.5 Å². The number of nitrogens with one attached hydrogen (secondary N) is 2. The van der Waals surface area contributed by atoms with Crippen molar-refractivity contribution >= 4 is 41.7 Å². The van der Waals surface area contributed by atoms with E-state index in [1.165, 1.54) is 0 Å². The monoisotopic (exact) mass is 522 g/mol. The second-order valence-electron chi connectivity index (χ2n) is 7.61. The van der Waals surface area contributed by atoms with Crippen molar-refractivity contribution in [2.24, 2.45) is 10.9 Å². The number of amides is 1. The van der Waals surface area contributed by atoms with Crippen LogP contribution in [0.25, 0.3) is 0 Å². The van der Waals surface area contributed by atoms with Gasteiger partial charge >= 0.3 is 6.09 Å². The van der Waals surface area contributed by atoms with Gasteiger partial charge in [0.2, 0.25) is 0 Å². The summed E-state index contributed by atoms with van der Waals surface area (Å²) in [4.78, 5) is 17.9. The molecule has 29 heavy (non-hydrogen) atoms. The number of guanidine groups is 1. The Hall–Kier alpha value is -1.91. The van der Waals surface area contributed by atoms with Crippen molar-refractivity contribution in [1.29, 1.82) is 0 Å². The second kappa shape index (κ2) is 12.6. The zero-order chi connectivity index (χ0) is 21.3. The second-order valence-corrected chi connectivity index (χ2v) is 7.61. The molecule has 1 atom stereocenters. The van der Waals surface area contributed by atoms with E-state index in [9.17, 15) is 4.79 Å². The molecule has 1 amide bonds. The molecule has 166 valence electrons. The van der Waals surface area contributed by atoms with Crippen molar-refractivity contribution in [3.63, 3.8) is 0 Å². The van der Waals surface area contributed by atoms with Gasteiger partial charge in [-0.15, -0.1) is 24.0 Å². The standard InChI is InChI=1S/C20H34N4O4.HI/c1-14(13-24(6)19(25)28-20(2,3)4)12-22-18(21-5)23-15-9-10-16(26-7)17(11-15)27-8;/h9-11,14H,12-13H2,1-8H3,(H2,21,22,23);1H. The largest absolute Gasteiger partial charge is 0.493 e. The van der Waals surface area contributed by atoms with Crippen LogP contribution in [0.1, 0.15) is 27.7 Å². The van der Waals surface area contributed by atoms with Crippen LogP contribution in [0, 0.1) is 5.92 Å². The molecule has 0 radical (unpaired) electrons. The molecular formula is C20H35IN4O4. The quantitative estimate of drug-likeness (QED) is 0.322. The molecule has 0 bridgehead atoms. The summed E-state index contributed by atoms with van der Waals surface area (Å²) >= 11 is 0. The zero-order valence-electron chi connectivity index (χ0n) is 18.7. The first-order chi connectivity index (χ1) is 13.1. The Morgan fingerprint density at radius 2 is 1.83 bits per heavy atom. The first-order valence-corrected chi connectivity index (χ1v) is 9.23. The highest BCUT2D eigenvalue weighted by atomic mass is 127. The average molecular weight is 522 g/mol. The highest BCUT2D eigenvalue weighted by Gasteiger charge is 2.20. The fourth-order valence-corrected chi connectivity index (χ4v) is 2.45. The van der Waals surface area contributed by atoms with Crippen LogP contribution < -0.4 is 20.1 Å². The van der Waals surface area contributed by atoms with Crippen LogP contribution in [0.4, 0.5) is 10.5 Å². The van der Waals surface area contributed by atoms with E-state index in [4.69, 9.17) is 14.2 Å². The lowest BCUT2D eigenvalue weighted by atomic mass is 10.1. The summed E-state index contributed by atoms with van der Waals surface area (Å²) in [7, 11) is 6.63. The Morgan fingerprint density at radius 1 is 1.21 bits per heavy atom. The summed E-state index contributed by atoms with van der Waals surface area (Å²) in [5, 5.41) is 6.48. The third kappa shape index (κ3) is 9.91.